The average molecular weight is 484 g/mol. The first-order valence-corrected chi connectivity index (χ1v) is 10.4. The molecule has 0 unspecified atom stereocenters. The first-order chi connectivity index (χ1) is 15.2. The number of nitrogens with one attached hydrogen (secondary N) is 1. The van der Waals surface area contributed by atoms with Gasteiger partial charge in [-0.25, -0.2) is 18.1 Å². The van der Waals surface area contributed by atoms with E-state index in [9.17, 15) is 18.4 Å². The summed E-state index contributed by atoms with van der Waals surface area (Å²) in [5.41, 5.74) is -1.46. The zero-order chi connectivity index (χ0) is 24.0. The van der Waals surface area contributed by atoms with Crippen molar-refractivity contribution in [1.29, 1.82) is 0 Å². The second kappa shape index (κ2) is 11.1. The molecule has 0 saturated heterocycles. The van der Waals surface area contributed by atoms with Crippen LogP contribution in [0.4, 0.5) is 8.78 Å². The second-order valence-electron chi connectivity index (χ2n) is 6.12. The number of fused-ring (bicyclic) bond motifs is 1. The molecule has 0 atom stereocenters. The van der Waals surface area contributed by atoms with Crippen molar-refractivity contribution in [3.63, 3.8) is 0 Å². The van der Waals surface area contributed by atoms with Gasteiger partial charge in [0.15, 0.2) is 11.6 Å². The lowest BCUT2D eigenvalue weighted by Crippen LogP contribution is -2.34. The molecule has 3 aromatic rings. The van der Waals surface area contributed by atoms with Gasteiger partial charge in [-0.3, -0.25) is 9.79 Å². The number of halogens is 4. The van der Waals surface area contributed by atoms with E-state index in [1.54, 1.807) is 13.0 Å². The minimum atomic E-state index is -0.858. The molecule has 0 spiro atoms. The molecule has 0 fully saturated rings. The van der Waals surface area contributed by atoms with E-state index in [4.69, 9.17) is 27.9 Å². The molecule has 1 N–H and O–H groups in total. The number of benzene rings is 2. The van der Waals surface area contributed by atoms with Crippen molar-refractivity contribution < 1.29 is 13.5 Å². The Hall–Kier alpha value is -2.97. The highest BCUT2D eigenvalue weighted by molar-refractivity contribution is 6.35. The van der Waals surface area contributed by atoms with E-state index in [0.717, 1.165) is 16.7 Å². The van der Waals surface area contributed by atoms with Crippen LogP contribution in [0.15, 0.2) is 56.4 Å². The summed E-state index contributed by atoms with van der Waals surface area (Å²) in [5, 5.41) is -0.0112. The lowest BCUT2D eigenvalue weighted by Gasteiger charge is -2.13. The summed E-state index contributed by atoms with van der Waals surface area (Å²) in [5.74, 6) is -1.80. The van der Waals surface area contributed by atoms with Crippen LogP contribution in [0, 0.1) is 5.82 Å². The maximum atomic E-state index is 14.3. The SMILES string of the molecule is CC.CC=N/C(COc1cc(-n2c(=O)[nH]c3cccc(Cl)c3c2=O)c(Cl)cc1F)=C(\C)F. The van der Waals surface area contributed by atoms with Gasteiger partial charge in [-0.2, -0.15) is 0 Å². The van der Waals surface area contributed by atoms with Gasteiger partial charge in [-0.15, -0.1) is 0 Å². The maximum Gasteiger partial charge on any atom is 0.333 e. The highest BCUT2D eigenvalue weighted by atomic mass is 35.5. The molecule has 0 aliphatic carbocycles. The number of aliphatic imine (C=N–C) groups is 1. The molecule has 32 heavy (non-hydrogen) atoms. The number of nitrogens with zero attached hydrogens (tertiary/aromatic N) is 2. The van der Waals surface area contributed by atoms with Crippen LogP contribution in [-0.2, 0) is 0 Å². The summed E-state index contributed by atoms with van der Waals surface area (Å²) < 4.78 is 33.9. The lowest BCUT2D eigenvalue weighted by molar-refractivity contribution is 0.326. The fourth-order valence-electron chi connectivity index (χ4n) is 2.77. The summed E-state index contributed by atoms with van der Waals surface area (Å²) in [6, 6.07) is 6.58. The highest BCUT2D eigenvalue weighted by Gasteiger charge is 2.18. The number of aromatic nitrogens is 2. The monoisotopic (exact) mass is 483 g/mol. The summed E-state index contributed by atoms with van der Waals surface area (Å²) >= 11 is 12.2. The number of hydrogen-bond donors (Lipinski definition) is 1. The van der Waals surface area contributed by atoms with Crippen molar-refractivity contribution in [3.8, 4) is 11.4 Å². The topological polar surface area (TPSA) is 76.5 Å². The number of rotatable bonds is 5. The Labute approximate surface area is 192 Å². The van der Waals surface area contributed by atoms with Crippen molar-refractivity contribution in [2.75, 3.05) is 6.61 Å². The molecule has 0 aliphatic rings. The van der Waals surface area contributed by atoms with Gasteiger partial charge >= 0.3 is 5.69 Å². The Balaban J connectivity index is 0.00000176. The normalized spacial score (nSPS) is 11.9. The van der Waals surface area contributed by atoms with Crippen molar-refractivity contribution >= 4 is 40.3 Å². The van der Waals surface area contributed by atoms with E-state index >= 15 is 0 Å². The van der Waals surface area contributed by atoms with Gasteiger partial charge in [0, 0.05) is 12.3 Å². The number of H-pyrrole nitrogens is 1. The summed E-state index contributed by atoms with van der Waals surface area (Å²) in [7, 11) is 0. The van der Waals surface area contributed by atoms with E-state index < -0.39 is 22.9 Å². The molecule has 0 amide bonds. The van der Waals surface area contributed by atoms with Gasteiger partial charge in [0.1, 0.15) is 18.1 Å². The number of allylic oxidation sites excluding steroid dienone is 1. The predicted molar refractivity (Wildman–Crippen MR) is 125 cm³/mol. The second-order valence-corrected chi connectivity index (χ2v) is 6.94. The first-order valence-electron chi connectivity index (χ1n) is 9.64. The summed E-state index contributed by atoms with van der Waals surface area (Å²) in [6.07, 6.45) is 1.36. The number of aromatic amines is 1. The number of hydrogen-bond acceptors (Lipinski definition) is 4. The zero-order valence-corrected chi connectivity index (χ0v) is 19.3. The molecule has 6 nitrogen and oxygen atoms in total. The van der Waals surface area contributed by atoms with Crippen LogP contribution < -0.4 is 16.0 Å². The molecule has 0 saturated carbocycles. The Morgan fingerprint density at radius 2 is 1.91 bits per heavy atom. The molecule has 0 bridgehead atoms. The molecule has 1 aromatic heterocycles. The Morgan fingerprint density at radius 3 is 2.53 bits per heavy atom. The lowest BCUT2D eigenvalue weighted by atomic mass is 10.2. The van der Waals surface area contributed by atoms with E-state index in [-0.39, 0.29) is 44.7 Å². The Bertz CT molecular complexity index is 1310. The van der Waals surface area contributed by atoms with Gasteiger partial charge in [0.05, 0.1) is 26.6 Å². The van der Waals surface area contributed by atoms with Crippen molar-refractivity contribution in [1.82, 2.24) is 9.55 Å². The predicted octanol–water partition coefficient (Wildman–Crippen LogP) is 5.82. The molecule has 3 rings (SSSR count). The van der Waals surface area contributed by atoms with Crippen LogP contribution in [0.25, 0.3) is 16.6 Å². The van der Waals surface area contributed by atoms with Crippen LogP contribution in [0.3, 0.4) is 0 Å². The van der Waals surface area contributed by atoms with Crippen molar-refractivity contribution in [2.24, 2.45) is 4.99 Å². The van der Waals surface area contributed by atoms with E-state index in [1.807, 2.05) is 13.8 Å². The standard InChI is InChI=1S/C20H15Cl2F2N3O3.C2H6/c1-3-25-15(10(2)23)9-30-17-8-16(12(22)7-13(17)24)27-19(28)18-11(21)5-4-6-14(18)26-20(27)29;1-2/h3-8H,9H2,1-2H3,(H,26,29);1-2H3/b15-10+,25-3?;. The fourth-order valence-corrected chi connectivity index (χ4v) is 3.26. The van der Waals surface area contributed by atoms with E-state index in [0.29, 0.717) is 0 Å². The first kappa shape index (κ1) is 25.3. The van der Waals surface area contributed by atoms with Crippen molar-refractivity contribution in [2.45, 2.75) is 27.7 Å². The maximum absolute atomic E-state index is 14.3. The smallest absolute Gasteiger partial charge is 0.333 e. The zero-order valence-electron chi connectivity index (χ0n) is 17.8. The molecular formula is C22H21Cl2F2N3O3. The highest BCUT2D eigenvalue weighted by Crippen LogP contribution is 2.29. The Kier molecular flexibility index (Phi) is 8.74. The summed E-state index contributed by atoms with van der Waals surface area (Å²) in [4.78, 5) is 31.9. The van der Waals surface area contributed by atoms with Crippen molar-refractivity contribution in [3.05, 3.63) is 78.6 Å². The largest absolute Gasteiger partial charge is 0.484 e. The fraction of sp³-hybridized carbons (Fsp3) is 0.227. The quantitative estimate of drug-likeness (QED) is 0.464. The van der Waals surface area contributed by atoms with Gasteiger partial charge in [0.2, 0.25) is 0 Å². The van der Waals surface area contributed by atoms with Gasteiger partial charge in [-0.05, 0) is 32.0 Å². The third kappa shape index (κ3) is 5.26. The minimum Gasteiger partial charge on any atom is -0.484 e. The van der Waals surface area contributed by atoms with Crippen LogP contribution in [-0.4, -0.2) is 22.4 Å². The molecule has 2 aromatic carbocycles. The molecule has 0 radical (unpaired) electrons. The summed E-state index contributed by atoms with van der Waals surface area (Å²) in [6.45, 7) is 6.40. The number of ether oxygens (including phenoxy) is 1. The average Bonchev–Trinajstić information content (AvgIpc) is 2.74. The third-order valence-corrected chi connectivity index (χ3v) is 4.78. The van der Waals surface area contributed by atoms with Crippen LogP contribution in [0.2, 0.25) is 10.0 Å². The Morgan fingerprint density at radius 1 is 1.22 bits per heavy atom. The van der Waals surface area contributed by atoms with Crippen LogP contribution >= 0.6 is 23.2 Å². The van der Waals surface area contributed by atoms with Gasteiger partial charge in [-0.1, -0.05) is 43.1 Å². The third-order valence-electron chi connectivity index (χ3n) is 4.16. The van der Waals surface area contributed by atoms with Crippen LogP contribution in [0.5, 0.6) is 5.75 Å². The molecule has 1 heterocycles. The van der Waals surface area contributed by atoms with E-state index in [2.05, 4.69) is 9.98 Å². The van der Waals surface area contributed by atoms with E-state index in [1.165, 1.54) is 25.3 Å². The molecular weight excluding hydrogens is 463 g/mol. The minimum absolute atomic E-state index is 0.0408. The molecule has 0 aliphatic heterocycles. The molecule has 10 heteroatoms. The van der Waals surface area contributed by atoms with Gasteiger partial charge in [0.25, 0.3) is 5.56 Å². The molecule has 170 valence electrons. The van der Waals surface area contributed by atoms with Crippen LogP contribution in [0.1, 0.15) is 27.7 Å². The van der Waals surface area contributed by atoms with Gasteiger partial charge < -0.3 is 9.72 Å².